The number of ether oxygens (including phenoxy) is 1. The van der Waals surface area contributed by atoms with E-state index in [2.05, 4.69) is 5.32 Å². The van der Waals surface area contributed by atoms with E-state index in [1.54, 1.807) is 19.9 Å². The van der Waals surface area contributed by atoms with Crippen LogP contribution in [0.2, 0.25) is 0 Å². The Labute approximate surface area is 169 Å². The number of aliphatic carboxylic acids is 1. The number of carboxylic acid groups (broad SMARTS) is 1. The van der Waals surface area contributed by atoms with Gasteiger partial charge in [-0.05, 0) is 57.9 Å². The van der Waals surface area contributed by atoms with Gasteiger partial charge < -0.3 is 15.2 Å². The van der Waals surface area contributed by atoms with E-state index in [0.717, 1.165) is 42.5 Å². The lowest BCUT2D eigenvalue weighted by molar-refractivity contribution is -0.146. The molecule has 2 aliphatic rings. The maximum absolute atomic E-state index is 12.9. The standard InChI is InChI=1S/C21H27NO5S/c1-12(2)27-21(26)17-15-10-4-3-5-11-16(15)28-19(17)22-18(23)13-8-6-7-9-14(13)20(24)25/h6-7,12-14H,3-5,8-11H2,1-2H3,(H,22,23)(H,24,25)/t13-,14+/m0/s1. The van der Waals surface area contributed by atoms with Crippen LogP contribution >= 0.6 is 11.3 Å². The molecule has 1 aromatic rings. The summed E-state index contributed by atoms with van der Waals surface area (Å²) in [6, 6.07) is 0. The minimum atomic E-state index is -0.967. The number of amides is 1. The second kappa shape index (κ2) is 8.90. The van der Waals surface area contributed by atoms with E-state index < -0.39 is 23.8 Å². The van der Waals surface area contributed by atoms with Crippen molar-refractivity contribution in [3.8, 4) is 0 Å². The molecule has 1 heterocycles. The van der Waals surface area contributed by atoms with Crippen LogP contribution in [-0.4, -0.2) is 29.1 Å². The number of hydrogen-bond donors (Lipinski definition) is 2. The van der Waals surface area contributed by atoms with Crippen LogP contribution in [0.5, 0.6) is 0 Å². The molecule has 2 atom stereocenters. The van der Waals surface area contributed by atoms with Crippen molar-refractivity contribution < 1.29 is 24.2 Å². The number of fused-ring (bicyclic) bond motifs is 1. The van der Waals surface area contributed by atoms with Gasteiger partial charge in [0.25, 0.3) is 0 Å². The van der Waals surface area contributed by atoms with Gasteiger partial charge in [0.05, 0.1) is 23.5 Å². The largest absolute Gasteiger partial charge is 0.481 e. The first kappa shape index (κ1) is 20.6. The van der Waals surface area contributed by atoms with Crippen molar-refractivity contribution >= 4 is 34.2 Å². The van der Waals surface area contributed by atoms with Crippen LogP contribution in [0.1, 0.15) is 66.8 Å². The van der Waals surface area contributed by atoms with Gasteiger partial charge in [-0.25, -0.2) is 4.79 Å². The van der Waals surface area contributed by atoms with Crippen molar-refractivity contribution in [2.24, 2.45) is 11.8 Å². The number of esters is 1. The first-order chi connectivity index (χ1) is 13.4. The molecular weight excluding hydrogens is 378 g/mol. The zero-order valence-electron chi connectivity index (χ0n) is 16.3. The Bertz CT molecular complexity index is 795. The fourth-order valence-corrected chi connectivity index (χ4v) is 5.18. The molecular formula is C21H27NO5S. The van der Waals surface area contributed by atoms with Crippen molar-refractivity contribution in [2.45, 2.75) is 64.9 Å². The Morgan fingerprint density at radius 1 is 1.11 bits per heavy atom. The SMILES string of the molecule is CC(C)OC(=O)c1c(NC(=O)[C@H]2CC=CC[C@H]2C(=O)O)sc2c1CCCCC2. The van der Waals surface area contributed by atoms with E-state index in [0.29, 0.717) is 23.4 Å². The van der Waals surface area contributed by atoms with E-state index in [1.165, 1.54) is 11.3 Å². The lowest BCUT2D eigenvalue weighted by atomic mass is 9.82. The fourth-order valence-electron chi connectivity index (χ4n) is 3.90. The summed E-state index contributed by atoms with van der Waals surface area (Å²) in [4.78, 5) is 38.3. The Balaban J connectivity index is 1.90. The molecule has 2 aliphatic carbocycles. The minimum absolute atomic E-state index is 0.253. The molecule has 0 saturated carbocycles. The average Bonchev–Trinajstić information content (AvgIpc) is 2.81. The molecule has 0 unspecified atom stereocenters. The van der Waals surface area contributed by atoms with Crippen LogP contribution < -0.4 is 5.32 Å². The average molecular weight is 406 g/mol. The molecule has 3 rings (SSSR count). The zero-order chi connectivity index (χ0) is 20.3. The number of rotatable bonds is 5. The number of carbonyl (C=O) groups excluding carboxylic acids is 2. The highest BCUT2D eigenvalue weighted by Crippen LogP contribution is 2.39. The van der Waals surface area contributed by atoms with Gasteiger partial charge in [0.15, 0.2) is 0 Å². The van der Waals surface area contributed by atoms with Crippen LogP contribution in [-0.2, 0) is 27.2 Å². The molecule has 0 fully saturated rings. The molecule has 0 saturated heterocycles. The topological polar surface area (TPSA) is 92.7 Å². The second-order valence-electron chi connectivity index (χ2n) is 7.71. The van der Waals surface area contributed by atoms with Gasteiger partial charge in [0.2, 0.25) is 5.91 Å². The summed E-state index contributed by atoms with van der Waals surface area (Å²) in [6.45, 7) is 3.60. The molecule has 0 spiro atoms. The Kier molecular flexibility index (Phi) is 6.54. The van der Waals surface area contributed by atoms with Gasteiger partial charge in [0, 0.05) is 4.88 Å². The monoisotopic (exact) mass is 405 g/mol. The highest BCUT2D eigenvalue weighted by Gasteiger charge is 2.35. The maximum Gasteiger partial charge on any atom is 0.341 e. The minimum Gasteiger partial charge on any atom is -0.481 e. The third-order valence-electron chi connectivity index (χ3n) is 5.29. The summed E-state index contributed by atoms with van der Waals surface area (Å²) >= 11 is 1.43. The Morgan fingerprint density at radius 3 is 2.46 bits per heavy atom. The maximum atomic E-state index is 12.9. The molecule has 0 radical (unpaired) electrons. The van der Waals surface area contributed by atoms with Crippen LogP contribution in [0, 0.1) is 11.8 Å². The molecule has 0 bridgehead atoms. The van der Waals surface area contributed by atoms with Gasteiger partial charge in [0.1, 0.15) is 5.00 Å². The molecule has 152 valence electrons. The summed E-state index contributed by atoms with van der Waals surface area (Å²) in [5, 5.41) is 12.8. The smallest absolute Gasteiger partial charge is 0.341 e. The third kappa shape index (κ3) is 4.46. The van der Waals surface area contributed by atoms with Gasteiger partial charge >= 0.3 is 11.9 Å². The first-order valence-corrected chi connectivity index (χ1v) is 10.7. The van der Waals surface area contributed by atoms with Crippen LogP contribution in [0.15, 0.2) is 12.2 Å². The first-order valence-electron chi connectivity index (χ1n) is 9.92. The van der Waals surface area contributed by atoms with E-state index in [9.17, 15) is 19.5 Å². The van der Waals surface area contributed by atoms with Gasteiger partial charge in [-0.3, -0.25) is 9.59 Å². The predicted octanol–water partition coefficient (Wildman–Crippen LogP) is 4.19. The normalized spacial score (nSPS) is 21.7. The van der Waals surface area contributed by atoms with Crippen molar-refractivity contribution in [3.63, 3.8) is 0 Å². The molecule has 6 nitrogen and oxygen atoms in total. The summed E-state index contributed by atoms with van der Waals surface area (Å²) < 4.78 is 5.44. The highest BCUT2D eigenvalue weighted by molar-refractivity contribution is 7.17. The third-order valence-corrected chi connectivity index (χ3v) is 6.50. The summed E-state index contributed by atoms with van der Waals surface area (Å²) in [5.41, 5.74) is 1.45. The van der Waals surface area contributed by atoms with Crippen LogP contribution in [0.3, 0.4) is 0 Å². The summed E-state index contributed by atoms with van der Waals surface area (Å²) in [6.07, 6.45) is 9.02. The number of carboxylic acids is 1. The second-order valence-corrected chi connectivity index (χ2v) is 8.81. The van der Waals surface area contributed by atoms with Crippen LogP contribution in [0.25, 0.3) is 0 Å². The number of carbonyl (C=O) groups is 3. The Morgan fingerprint density at radius 2 is 1.79 bits per heavy atom. The lowest BCUT2D eigenvalue weighted by Crippen LogP contribution is -2.34. The van der Waals surface area contributed by atoms with Crippen molar-refractivity contribution in [2.75, 3.05) is 5.32 Å². The lowest BCUT2D eigenvalue weighted by Gasteiger charge is -2.24. The van der Waals surface area contributed by atoms with Gasteiger partial charge in [-0.15, -0.1) is 11.3 Å². The van der Waals surface area contributed by atoms with E-state index in [4.69, 9.17) is 4.74 Å². The van der Waals surface area contributed by atoms with Crippen molar-refractivity contribution in [3.05, 3.63) is 28.2 Å². The summed E-state index contributed by atoms with van der Waals surface area (Å²) in [5.74, 6) is -3.10. The van der Waals surface area contributed by atoms with E-state index >= 15 is 0 Å². The molecule has 0 aliphatic heterocycles. The molecule has 2 N–H and O–H groups in total. The molecule has 1 amide bonds. The van der Waals surface area contributed by atoms with Crippen molar-refractivity contribution in [1.29, 1.82) is 0 Å². The fraction of sp³-hybridized carbons (Fsp3) is 0.571. The number of aryl methyl sites for hydroxylation is 1. The Hall–Kier alpha value is -2.15. The number of nitrogens with one attached hydrogen (secondary N) is 1. The highest BCUT2D eigenvalue weighted by atomic mass is 32.1. The number of anilines is 1. The van der Waals surface area contributed by atoms with Gasteiger partial charge in [-0.2, -0.15) is 0 Å². The van der Waals surface area contributed by atoms with Gasteiger partial charge in [-0.1, -0.05) is 18.6 Å². The molecule has 0 aromatic carbocycles. The van der Waals surface area contributed by atoms with E-state index in [-0.39, 0.29) is 12.0 Å². The van der Waals surface area contributed by atoms with Crippen LogP contribution in [0.4, 0.5) is 5.00 Å². The summed E-state index contributed by atoms with van der Waals surface area (Å²) in [7, 11) is 0. The molecule has 1 aromatic heterocycles. The quantitative estimate of drug-likeness (QED) is 0.435. The zero-order valence-corrected chi connectivity index (χ0v) is 17.1. The van der Waals surface area contributed by atoms with E-state index in [1.807, 2.05) is 6.08 Å². The van der Waals surface area contributed by atoms with Crippen molar-refractivity contribution in [1.82, 2.24) is 0 Å². The number of hydrogen-bond acceptors (Lipinski definition) is 5. The molecule has 7 heteroatoms. The number of thiophene rings is 1. The predicted molar refractivity (Wildman–Crippen MR) is 108 cm³/mol. The number of allylic oxidation sites excluding steroid dienone is 2. The molecule has 28 heavy (non-hydrogen) atoms.